The van der Waals surface area contributed by atoms with Crippen LogP contribution in [0.3, 0.4) is 0 Å². The van der Waals surface area contributed by atoms with Gasteiger partial charge in [0, 0.05) is 73.6 Å². The summed E-state index contributed by atoms with van der Waals surface area (Å²) >= 11 is 0. The molecule has 0 aromatic heterocycles. The predicted octanol–water partition coefficient (Wildman–Crippen LogP) is 18.7. The van der Waals surface area contributed by atoms with Crippen LogP contribution in [0.2, 0.25) is 0 Å². The van der Waals surface area contributed by atoms with Gasteiger partial charge in [-0.15, -0.1) is 0 Å². The molecule has 6 aromatic rings. The van der Waals surface area contributed by atoms with Crippen molar-refractivity contribution in [2.75, 3.05) is 155 Å². The van der Waals surface area contributed by atoms with Gasteiger partial charge in [0.15, 0.2) is 0 Å². The number of rotatable bonds is 32. The number of hydrogen-bond acceptors (Lipinski definition) is 20. The molecule has 6 saturated heterocycles. The quantitative estimate of drug-likeness (QED) is 0.00992. The fourth-order valence-electron chi connectivity index (χ4n) is 16.6. The molecule has 22 nitrogen and oxygen atoms in total. The van der Waals surface area contributed by atoms with Crippen LogP contribution in [-0.2, 0) is 33.2 Å². The minimum atomic E-state index is -0.984. The monoisotopic (exact) mass is 1850 g/mol. The summed E-state index contributed by atoms with van der Waals surface area (Å²) in [6.07, 6.45) is 25.8. The third kappa shape index (κ3) is 48.9. The Morgan fingerprint density at radius 1 is 0.437 bits per heavy atom. The summed E-state index contributed by atoms with van der Waals surface area (Å²) in [6, 6.07) is 53.6. The number of nitrogens with zero attached hydrogens (tertiary/aromatic N) is 9. The van der Waals surface area contributed by atoms with Gasteiger partial charge in [-0.1, -0.05) is 127 Å². The Morgan fingerprint density at radius 2 is 0.726 bits per heavy atom. The number of amides is 1. The van der Waals surface area contributed by atoms with Gasteiger partial charge in [0.1, 0.15) is 0 Å². The second kappa shape index (κ2) is 66.9. The zero-order chi connectivity index (χ0) is 98.3. The normalized spacial score (nSPS) is 15.9. The van der Waals surface area contributed by atoms with Gasteiger partial charge < -0.3 is 41.7 Å². The van der Waals surface area contributed by atoms with E-state index in [1.165, 1.54) is 110 Å². The molecule has 2 atom stereocenters. The molecule has 0 spiro atoms. The van der Waals surface area contributed by atoms with Gasteiger partial charge in [0.25, 0.3) is 0 Å². The second-order valence-electron chi connectivity index (χ2n) is 38.6. The van der Waals surface area contributed by atoms with E-state index >= 15 is 0 Å². The molecule has 8 N–H and O–H groups in total. The van der Waals surface area contributed by atoms with E-state index in [0.717, 1.165) is 183 Å². The number of nitrogens with two attached hydrogens (primary N) is 2. The van der Waals surface area contributed by atoms with E-state index in [4.69, 9.17) is 16.6 Å². The van der Waals surface area contributed by atoms with Gasteiger partial charge in [0.05, 0.1) is 6.04 Å². The van der Waals surface area contributed by atoms with E-state index < -0.39 is 12.0 Å². The van der Waals surface area contributed by atoms with E-state index in [-0.39, 0.29) is 25.3 Å². The Balaban J connectivity index is 0.000000329. The van der Waals surface area contributed by atoms with Gasteiger partial charge in [-0.25, -0.2) is 0 Å². The van der Waals surface area contributed by atoms with E-state index in [2.05, 4.69) is 300 Å². The number of hydrogen-bond donors (Lipinski definition) is 6. The Hall–Kier alpha value is -9.42. The van der Waals surface area contributed by atoms with Crippen molar-refractivity contribution in [3.8, 4) is 0 Å². The summed E-state index contributed by atoms with van der Waals surface area (Å²) in [5.41, 5.74) is 32.1. The SMILES string of the molecule is C.CC(C)=CCN(c1ccc(C)cc1)C1CCN(C(=O)[C@@H](N)CC(C)C)CC1.CC(C)=CCN(c1ccc(C)cc1)C1CCN(CB=O)CC1.CC(C)=CCN(c1ccc(C)cc1)C1CCNCC1.CC(C)=CCN(c1ccc(C)cc1)C1CCNCC1.CC(C)C[C@H](N=CB=O)C(=O)O.Cc1ccc(N)cc1.Cc1ccc(NC2CCN(CB=O)CC2)cc1.O=BCN1CCC(=O)CC1. The third-order valence-corrected chi connectivity index (χ3v) is 24.8. The molecule has 1 amide bonds. The summed E-state index contributed by atoms with van der Waals surface area (Å²) in [6.45, 7) is 53.7. The van der Waals surface area contributed by atoms with Crippen molar-refractivity contribution in [3.05, 3.63) is 226 Å². The number of benzene rings is 6. The van der Waals surface area contributed by atoms with Crippen molar-refractivity contribution in [2.45, 2.75) is 264 Å². The van der Waals surface area contributed by atoms with Gasteiger partial charge in [-0.05, 0) is 195 Å². The molecular formula is C109H170B4N14O8. The average Bonchev–Trinajstić information content (AvgIpc) is 0.798. The third-order valence-electron chi connectivity index (χ3n) is 24.8. The summed E-state index contributed by atoms with van der Waals surface area (Å²) in [5.74, 6) is 0.162. The van der Waals surface area contributed by atoms with Crippen molar-refractivity contribution in [1.82, 2.24) is 30.2 Å². The molecule has 0 bridgehead atoms. The average molecular weight is 1850 g/mol. The molecule has 736 valence electrons. The number of aliphatic imine (C=N–C) groups is 1. The van der Waals surface area contributed by atoms with Gasteiger partial charge in [-0.2, -0.15) is 0 Å². The van der Waals surface area contributed by atoms with Crippen LogP contribution in [0, 0.1) is 53.4 Å². The molecule has 6 heterocycles. The fraction of sp³-hybridized carbons (Fsp3) is 0.560. The number of anilines is 6. The number of aliphatic carboxylic acids is 1. The number of carbonyl (C=O) groups is 3. The first-order valence-electron chi connectivity index (χ1n) is 49.3. The van der Waals surface area contributed by atoms with Crippen molar-refractivity contribution < 1.29 is 38.3 Å². The molecule has 6 aliphatic heterocycles. The molecule has 0 aliphatic carbocycles. The topological polar surface area (TPSA) is 266 Å². The number of carboxylic acid groups (broad SMARTS) is 1. The Morgan fingerprint density at radius 3 is 1.01 bits per heavy atom. The van der Waals surface area contributed by atoms with E-state index in [9.17, 15) is 33.2 Å². The summed E-state index contributed by atoms with van der Waals surface area (Å²) in [7, 11) is 3.38. The van der Waals surface area contributed by atoms with Gasteiger partial charge in [0.2, 0.25) is 5.91 Å². The fourth-order valence-corrected chi connectivity index (χ4v) is 16.6. The van der Waals surface area contributed by atoms with Crippen LogP contribution in [0.1, 0.15) is 214 Å². The van der Waals surface area contributed by atoms with Crippen LogP contribution in [0.5, 0.6) is 0 Å². The molecule has 0 radical (unpaired) electrons. The zero-order valence-electron chi connectivity index (χ0n) is 85.1. The maximum atomic E-state index is 12.6. The first-order chi connectivity index (χ1) is 64.2. The van der Waals surface area contributed by atoms with Crippen LogP contribution in [0.15, 0.2) is 197 Å². The molecule has 6 fully saturated rings. The summed E-state index contributed by atoms with van der Waals surface area (Å²) < 4.78 is 41.0. The Labute approximate surface area is 817 Å². The van der Waals surface area contributed by atoms with Crippen LogP contribution in [-0.4, -0.2) is 243 Å². The predicted molar refractivity (Wildman–Crippen MR) is 573 cm³/mol. The second-order valence-corrected chi connectivity index (χ2v) is 38.6. The molecule has 0 saturated carbocycles. The number of nitrogen functional groups attached to an aromatic ring is 1. The van der Waals surface area contributed by atoms with E-state index in [0.29, 0.717) is 87.7 Å². The van der Waals surface area contributed by atoms with Crippen LogP contribution in [0.4, 0.5) is 34.1 Å². The van der Waals surface area contributed by atoms with E-state index in [1.807, 2.05) is 54.8 Å². The Kier molecular flexibility index (Phi) is 58.5. The van der Waals surface area contributed by atoms with E-state index in [1.54, 1.807) is 0 Å². The summed E-state index contributed by atoms with van der Waals surface area (Å²) in [5, 5.41) is 19.1. The number of piperidine rings is 6. The van der Waals surface area contributed by atoms with Crippen molar-refractivity contribution >= 4 is 86.5 Å². The molecule has 12 rings (SSSR count). The number of allylic oxidation sites excluding steroid dienone is 4. The molecule has 6 aromatic carbocycles. The standard InChI is InChI=1S/C23H37N3O.C18H27BN2O.2C17H26N2.C13H19BN2O.C7H12BNO3.C7H9N.C6H10BNO2.CH4/c1-17(2)10-15-26(20-8-6-19(5)7-9-20)21-11-13-25(14-12-21)23(27)22(24)16-18(3)4;1-15(2)8-13-21(17-6-4-16(3)5-7-17)18-9-11-20(12-10-18)14-19-22;2*1-14(2)10-13-19(17-8-11-18-12-9-17)16-6-4-15(3)5-7-16;1-11-2-4-12(5-3-11)15-13-6-8-16(9-7-13)10-14-17;1-5(2)3-6(7(10)11)9-4-8-12;1-6-2-4-7(8)5-3-6;9-6-1-3-8(4-2-6)5-7-10;/h6-10,18,21-22H,11-16,24H2,1-5H3;4-8,18H,9-14H2,1-3H3;2*4-7,10,17-18H,8-9,11-13H2,1-3H3;2-5,13,15H,6-10H2,1H3;4-6H,3H2,1-2H3,(H,10,11);2-5H,8H2,1H3;1-5H2;1H4/t22-;;;;;6-;;;/m0....0.../s1. The number of likely N-dealkylation sites (tertiary alicyclic amines) is 4. The molecule has 135 heavy (non-hydrogen) atoms. The maximum absolute atomic E-state index is 12.6. The number of aryl methyl sites for hydroxylation is 6. The number of ketones is 1. The van der Waals surface area contributed by atoms with Gasteiger partial charge in [-0.3, -0.25) is 4.79 Å². The first kappa shape index (κ1) is 118. The minimum absolute atomic E-state index is 0. The first-order valence-corrected chi connectivity index (χ1v) is 49.3. The Bertz CT molecular complexity index is 4350. The van der Waals surface area contributed by atoms with Crippen molar-refractivity contribution in [3.63, 3.8) is 0 Å². The molecule has 26 heteroatoms. The number of carbonyl (C=O) groups excluding carboxylic acids is 2. The van der Waals surface area contributed by atoms with Gasteiger partial charge >= 0.3 is 368 Å². The zero-order valence-corrected chi connectivity index (χ0v) is 85.1. The molecule has 0 unspecified atom stereocenters. The molecule has 6 aliphatic rings. The van der Waals surface area contributed by atoms with Crippen molar-refractivity contribution in [1.29, 1.82) is 0 Å². The van der Waals surface area contributed by atoms with Crippen LogP contribution < -0.4 is 47.0 Å². The number of nitrogens with one attached hydrogen (secondary N) is 3. The van der Waals surface area contributed by atoms with Crippen molar-refractivity contribution in [2.24, 2.45) is 22.6 Å². The number of Topliss-reactive ketones (excluding diaryl/α,β-unsaturated/α-hetero) is 1. The van der Waals surface area contributed by atoms with Crippen LogP contribution in [0.25, 0.3) is 0 Å². The van der Waals surface area contributed by atoms with Crippen LogP contribution >= 0.6 is 0 Å². The number of carboxylic acids is 1. The summed E-state index contributed by atoms with van der Waals surface area (Å²) in [4.78, 5) is 56.0. The molecular weight excluding hydrogens is 1680 g/mol.